The molecule has 0 aliphatic heterocycles. The Kier molecular flexibility index (Phi) is 4.65. The maximum Gasteiger partial charge on any atom is 0.0670 e. The van der Waals surface area contributed by atoms with Crippen LogP contribution in [0.25, 0.3) is 0 Å². The Bertz CT molecular complexity index is 77.3. The molecule has 1 unspecified atom stereocenters. The molecule has 0 bridgehead atoms. The van der Waals surface area contributed by atoms with E-state index in [0.29, 0.717) is 0 Å². The third-order valence-corrected chi connectivity index (χ3v) is 2.08. The summed E-state index contributed by atoms with van der Waals surface area (Å²) in [5, 5.41) is 0. The van der Waals surface area contributed by atoms with Gasteiger partial charge in [0, 0.05) is 20.8 Å². The van der Waals surface area contributed by atoms with Crippen molar-refractivity contribution in [1.82, 2.24) is 0 Å². The average Bonchev–Trinajstić information content (AvgIpc) is 2.00. The van der Waals surface area contributed by atoms with Crippen LogP contribution in [0.4, 0.5) is 0 Å². The van der Waals surface area contributed by atoms with Crippen molar-refractivity contribution in [1.29, 1.82) is 0 Å². The molecule has 0 saturated heterocycles. The van der Waals surface area contributed by atoms with E-state index < -0.39 is 0 Å². The molecule has 0 aromatic carbocycles. The minimum Gasteiger partial charge on any atom is -0.385 e. The first-order valence-electron chi connectivity index (χ1n) is 3.72. The number of hydrogen-bond donors (Lipinski definition) is 0. The van der Waals surface area contributed by atoms with Gasteiger partial charge in [-0.2, -0.15) is 0 Å². The van der Waals surface area contributed by atoms with Gasteiger partial charge in [0.05, 0.1) is 5.60 Å². The van der Waals surface area contributed by atoms with Crippen molar-refractivity contribution in [2.45, 2.75) is 32.3 Å². The zero-order valence-electron chi connectivity index (χ0n) is 7.44. The van der Waals surface area contributed by atoms with Gasteiger partial charge in [0.1, 0.15) is 0 Å². The van der Waals surface area contributed by atoms with E-state index in [1.54, 1.807) is 14.2 Å². The third kappa shape index (κ3) is 3.18. The maximum atomic E-state index is 5.31. The van der Waals surface area contributed by atoms with Gasteiger partial charge in [-0.1, -0.05) is 6.92 Å². The first-order valence-corrected chi connectivity index (χ1v) is 3.72. The molecule has 2 nitrogen and oxygen atoms in total. The summed E-state index contributed by atoms with van der Waals surface area (Å²) in [6.07, 6.45) is 2.00. The SMILES string of the molecule is CCC(C)(CCOC)OC. The molecule has 0 aromatic rings. The van der Waals surface area contributed by atoms with Crippen molar-refractivity contribution in [3.8, 4) is 0 Å². The highest BCUT2D eigenvalue weighted by Gasteiger charge is 2.19. The summed E-state index contributed by atoms with van der Waals surface area (Å²) in [4.78, 5) is 0. The fraction of sp³-hybridized carbons (Fsp3) is 1.00. The molecule has 62 valence electrons. The molecule has 2 heteroatoms. The number of rotatable bonds is 5. The van der Waals surface area contributed by atoms with E-state index in [1.165, 1.54) is 0 Å². The Morgan fingerprint density at radius 3 is 2.20 bits per heavy atom. The first-order chi connectivity index (χ1) is 4.68. The van der Waals surface area contributed by atoms with Crippen molar-refractivity contribution < 1.29 is 9.47 Å². The van der Waals surface area contributed by atoms with Crippen molar-refractivity contribution in [2.75, 3.05) is 20.8 Å². The number of methoxy groups -OCH3 is 2. The summed E-state index contributed by atoms with van der Waals surface area (Å²) in [7, 11) is 3.46. The molecule has 0 amide bonds. The number of hydrogen-bond acceptors (Lipinski definition) is 2. The predicted octanol–water partition coefficient (Wildman–Crippen LogP) is 1.84. The molecule has 0 spiro atoms. The summed E-state index contributed by atoms with van der Waals surface area (Å²) >= 11 is 0. The second kappa shape index (κ2) is 4.69. The quantitative estimate of drug-likeness (QED) is 0.589. The lowest BCUT2D eigenvalue weighted by Crippen LogP contribution is -2.27. The largest absolute Gasteiger partial charge is 0.385 e. The van der Waals surface area contributed by atoms with Crippen molar-refractivity contribution >= 4 is 0 Å². The Morgan fingerprint density at radius 2 is 1.90 bits per heavy atom. The van der Waals surface area contributed by atoms with Crippen molar-refractivity contribution in [2.24, 2.45) is 0 Å². The van der Waals surface area contributed by atoms with Crippen LogP contribution in [0.1, 0.15) is 26.7 Å². The molecule has 0 N–H and O–H groups in total. The molecule has 10 heavy (non-hydrogen) atoms. The highest BCUT2D eigenvalue weighted by Crippen LogP contribution is 2.17. The Morgan fingerprint density at radius 1 is 1.30 bits per heavy atom. The maximum absolute atomic E-state index is 5.31. The van der Waals surface area contributed by atoms with Crippen LogP contribution in [0.2, 0.25) is 0 Å². The van der Waals surface area contributed by atoms with Gasteiger partial charge in [-0.15, -0.1) is 0 Å². The first kappa shape index (κ1) is 9.92. The van der Waals surface area contributed by atoms with Gasteiger partial charge in [-0.25, -0.2) is 0 Å². The van der Waals surface area contributed by atoms with Gasteiger partial charge >= 0.3 is 0 Å². The zero-order chi connectivity index (χ0) is 8.04. The zero-order valence-corrected chi connectivity index (χ0v) is 7.44. The highest BCUT2D eigenvalue weighted by atomic mass is 16.5. The Balaban J connectivity index is 3.58. The van der Waals surface area contributed by atoms with E-state index in [-0.39, 0.29) is 5.60 Å². The lowest BCUT2D eigenvalue weighted by atomic mass is 10.00. The summed E-state index contributed by atoms with van der Waals surface area (Å²) in [5.74, 6) is 0. The molecular formula is C8H18O2. The standard InChI is InChI=1S/C8H18O2/c1-5-8(2,10-4)6-7-9-3/h5-7H2,1-4H3. The fourth-order valence-electron chi connectivity index (χ4n) is 0.741. The molecule has 0 heterocycles. The van der Waals surface area contributed by atoms with Crippen LogP contribution in [0.5, 0.6) is 0 Å². The van der Waals surface area contributed by atoms with Gasteiger partial charge in [-0.3, -0.25) is 0 Å². The second-order valence-corrected chi connectivity index (χ2v) is 2.75. The Labute approximate surface area is 63.5 Å². The van der Waals surface area contributed by atoms with Crippen LogP contribution in [-0.4, -0.2) is 26.4 Å². The lowest BCUT2D eigenvalue weighted by Gasteiger charge is -2.25. The molecular weight excluding hydrogens is 128 g/mol. The van der Waals surface area contributed by atoms with E-state index >= 15 is 0 Å². The topological polar surface area (TPSA) is 18.5 Å². The molecule has 0 fully saturated rings. The van der Waals surface area contributed by atoms with Gasteiger partial charge in [-0.05, 0) is 19.8 Å². The summed E-state index contributed by atoms with van der Waals surface area (Å²) < 4.78 is 10.3. The van der Waals surface area contributed by atoms with E-state index in [1.807, 2.05) is 0 Å². The summed E-state index contributed by atoms with van der Waals surface area (Å²) in [5.41, 5.74) is 0.00993. The lowest BCUT2D eigenvalue weighted by molar-refractivity contribution is -0.0206. The normalized spacial score (nSPS) is 16.8. The van der Waals surface area contributed by atoms with Crippen LogP contribution < -0.4 is 0 Å². The second-order valence-electron chi connectivity index (χ2n) is 2.75. The van der Waals surface area contributed by atoms with Gasteiger partial charge in [0.15, 0.2) is 0 Å². The van der Waals surface area contributed by atoms with Crippen LogP contribution in [-0.2, 0) is 9.47 Å². The van der Waals surface area contributed by atoms with E-state index in [9.17, 15) is 0 Å². The molecule has 0 saturated carbocycles. The van der Waals surface area contributed by atoms with Gasteiger partial charge in [0.25, 0.3) is 0 Å². The van der Waals surface area contributed by atoms with Crippen LogP contribution in [0.15, 0.2) is 0 Å². The minimum atomic E-state index is 0.00993. The molecule has 0 radical (unpaired) electrons. The van der Waals surface area contributed by atoms with Gasteiger partial charge in [0.2, 0.25) is 0 Å². The minimum absolute atomic E-state index is 0.00993. The van der Waals surface area contributed by atoms with Crippen LogP contribution in [0, 0.1) is 0 Å². The third-order valence-electron chi connectivity index (χ3n) is 2.08. The molecule has 0 aromatic heterocycles. The Hall–Kier alpha value is -0.0800. The molecule has 0 aliphatic carbocycles. The van der Waals surface area contributed by atoms with Gasteiger partial charge < -0.3 is 9.47 Å². The fourth-order valence-corrected chi connectivity index (χ4v) is 0.741. The van der Waals surface area contributed by atoms with Crippen LogP contribution >= 0.6 is 0 Å². The monoisotopic (exact) mass is 146 g/mol. The molecule has 0 rings (SSSR count). The highest BCUT2D eigenvalue weighted by molar-refractivity contribution is 4.71. The van der Waals surface area contributed by atoms with E-state index in [0.717, 1.165) is 19.4 Å². The summed E-state index contributed by atoms with van der Waals surface area (Å²) in [6.45, 7) is 5.00. The van der Waals surface area contributed by atoms with E-state index in [4.69, 9.17) is 9.47 Å². The average molecular weight is 146 g/mol. The number of ether oxygens (including phenoxy) is 2. The summed E-state index contributed by atoms with van der Waals surface area (Å²) in [6, 6.07) is 0. The van der Waals surface area contributed by atoms with E-state index in [2.05, 4.69) is 13.8 Å². The predicted molar refractivity (Wildman–Crippen MR) is 42.2 cm³/mol. The van der Waals surface area contributed by atoms with Crippen LogP contribution in [0.3, 0.4) is 0 Å². The van der Waals surface area contributed by atoms with Crippen molar-refractivity contribution in [3.05, 3.63) is 0 Å². The molecule has 1 atom stereocenters. The molecule has 0 aliphatic rings. The smallest absolute Gasteiger partial charge is 0.0670 e. The van der Waals surface area contributed by atoms with Crippen molar-refractivity contribution in [3.63, 3.8) is 0 Å².